The molecule has 0 saturated heterocycles. The third kappa shape index (κ3) is 11.5. The number of benzene rings is 2. The molecule has 3 heteroatoms. The van der Waals surface area contributed by atoms with Crippen LogP contribution in [-0.4, -0.2) is 21.7 Å². The molecule has 2 nitrogen and oxygen atoms in total. The fraction of sp³-hybridized carbons (Fsp3) is 0.684. The molecule has 0 atom stereocenters. The minimum Gasteiger partial charge on any atom is -0.507 e. The van der Waals surface area contributed by atoms with E-state index in [1.807, 2.05) is 13.8 Å². The van der Waals surface area contributed by atoms with Crippen LogP contribution in [0.1, 0.15) is 165 Å². The van der Waals surface area contributed by atoms with Crippen LogP contribution in [0.25, 0.3) is 0 Å². The lowest BCUT2D eigenvalue weighted by atomic mass is 9.78. The predicted molar refractivity (Wildman–Crippen MR) is 183 cm³/mol. The average Bonchev–Trinajstić information content (AvgIpc) is 2.88. The topological polar surface area (TPSA) is 40.5 Å². The van der Waals surface area contributed by atoms with Crippen LogP contribution in [0.3, 0.4) is 0 Å². The molecular weight excluding hydrogens is 520 g/mol. The van der Waals surface area contributed by atoms with Crippen LogP contribution in [0.4, 0.5) is 0 Å². The highest BCUT2D eigenvalue weighted by Gasteiger charge is 2.26. The van der Waals surface area contributed by atoms with Crippen molar-refractivity contribution in [3.05, 3.63) is 57.6 Å². The minimum atomic E-state index is -0.137. The fourth-order valence-corrected chi connectivity index (χ4v) is 6.85. The van der Waals surface area contributed by atoms with Gasteiger partial charge in [0.1, 0.15) is 11.5 Å². The number of thioether (sulfide) groups is 1. The maximum absolute atomic E-state index is 10.9. The van der Waals surface area contributed by atoms with Gasteiger partial charge in [-0.25, -0.2) is 0 Å². The first-order chi connectivity index (χ1) is 19.3. The quantitative estimate of drug-likeness (QED) is 0.182. The van der Waals surface area contributed by atoms with E-state index in [-0.39, 0.29) is 16.7 Å². The van der Waals surface area contributed by atoms with Crippen molar-refractivity contribution in [1.82, 2.24) is 0 Å². The molecule has 41 heavy (non-hydrogen) atoms. The van der Waals surface area contributed by atoms with Crippen molar-refractivity contribution in [3.8, 4) is 11.5 Å². The maximum Gasteiger partial charge on any atom is 0.122 e. The molecule has 0 unspecified atom stereocenters. The molecule has 0 aliphatic carbocycles. The van der Waals surface area contributed by atoms with Crippen molar-refractivity contribution in [2.75, 3.05) is 11.5 Å². The van der Waals surface area contributed by atoms with Gasteiger partial charge < -0.3 is 10.2 Å². The van der Waals surface area contributed by atoms with Gasteiger partial charge in [0, 0.05) is 5.92 Å². The first-order valence-corrected chi connectivity index (χ1v) is 17.7. The summed E-state index contributed by atoms with van der Waals surface area (Å²) >= 11 is 2.11. The summed E-state index contributed by atoms with van der Waals surface area (Å²) in [6.07, 6.45) is 16.1. The molecule has 0 bridgehead atoms. The highest BCUT2D eigenvalue weighted by atomic mass is 32.2. The monoisotopic (exact) mass is 582 g/mol. The predicted octanol–water partition coefficient (Wildman–Crippen LogP) is 11.9. The Balaban J connectivity index is 2.07. The summed E-state index contributed by atoms with van der Waals surface area (Å²) in [5, 5.41) is 21.8. The molecule has 0 spiro atoms. The first kappa shape index (κ1) is 35.6. The molecule has 0 amide bonds. The third-order valence-electron chi connectivity index (χ3n) is 8.49. The Morgan fingerprint density at radius 3 is 1.39 bits per heavy atom. The van der Waals surface area contributed by atoms with Crippen molar-refractivity contribution in [2.24, 2.45) is 0 Å². The van der Waals surface area contributed by atoms with E-state index in [9.17, 15) is 10.2 Å². The van der Waals surface area contributed by atoms with E-state index in [0.717, 1.165) is 35.1 Å². The van der Waals surface area contributed by atoms with Crippen molar-refractivity contribution in [2.45, 2.75) is 156 Å². The lowest BCUT2D eigenvalue weighted by Crippen LogP contribution is -2.15. The largest absolute Gasteiger partial charge is 0.507 e. The van der Waals surface area contributed by atoms with E-state index in [1.165, 1.54) is 86.8 Å². The summed E-state index contributed by atoms with van der Waals surface area (Å²) in [7, 11) is 0. The first-order valence-electron chi connectivity index (χ1n) is 16.5. The van der Waals surface area contributed by atoms with E-state index >= 15 is 0 Å². The van der Waals surface area contributed by atoms with Gasteiger partial charge in [-0.05, 0) is 88.8 Å². The highest BCUT2D eigenvalue weighted by molar-refractivity contribution is 7.99. The number of hydrogen-bond acceptors (Lipinski definition) is 3. The third-order valence-corrected chi connectivity index (χ3v) is 9.64. The van der Waals surface area contributed by atoms with Crippen LogP contribution in [0.15, 0.2) is 24.3 Å². The molecule has 0 heterocycles. The number of phenols is 2. The van der Waals surface area contributed by atoms with Crippen LogP contribution in [0.5, 0.6) is 11.5 Å². The number of rotatable bonds is 17. The van der Waals surface area contributed by atoms with Crippen molar-refractivity contribution in [1.29, 1.82) is 0 Å². The Morgan fingerprint density at radius 2 is 0.976 bits per heavy atom. The van der Waals surface area contributed by atoms with Crippen molar-refractivity contribution < 1.29 is 10.2 Å². The zero-order valence-corrected chi connectivity index (χ0v) is 28.9. The fourth-order valence-electron chi connectivity index (χ4n) is 5.87. The van der Waals surface area contributed by atoms with Crippen LogP contribution in [-0.2, 0) is 10.8 Å². The number of unbranched alkanes of at least 4 members (excludes halogenated alkanes) is 9. The Hall–Kier alpha value is -1.61. The second kappa shape index (κ2) is 16.9. The molecule has 2 aromatic rings. The molecule has 0 saturated carbocycles. The van der Waals surface area contributed by atoms with Gasteiger partial charge in [-0.15, -0.1) is 0 Å². The van der Waals surface area contributed by atoms with Crippen molar-refractivity contribution in [3.63, 3.8) is 0 Å². The maximum atomic E-state index is 10.9. The van der Waals surface area contributed by atoms with Gasteiger partial charge in [-0.2, -0.15) is 11.8 Å². The zero-order valence-electron chi connectivity index (χ0n) is 28.1. The second-order valence-electron chi connectivity index (χ2n) is 14.5. The SMILES string of the molecule is CCCCCCCCCCCCSCCCC(c1cc(C)c(O)c(C(C)(C)C)c1)c1cc(C)c(O)c(C(C)(C)C)c1. The van der Waals surface area contributed by atoms with Crippen molar-refractivity contribution >= 4 is 11.8 Å². The molecule has 0 aliphatic rings. The minimum absolute atomic E-state index is 0.137. The molecule has 2 aromatic carbocycles. The second-order valence-corrected chi connectivity index (χ2v) is 15.7. The zero-order chi connectivity index (χ0) is 30.6. The summed E-state index contributed by atoms with van der Waals surface area (Å²) in [5.41, 5.74) is 6.19. The van der Waals surface area contributed by atoms with Crippen LogP contribution >= 0.6 is 11.8 Å². The number of aromatic hydroxyl groups is 2. The summed E-state index contributed by atoms with van der Waals surface area (Å²) in [5.74, 6) is 3.52. The molecule has 2 N–H and O–H groups in total. The Labute approximate surface area is 258 Å². The Bertz CT molecular complexity index is 988. The standard InChI is InChI=1S/C38H62O2S/c1-10-11-12-13-14-15-16-17-18-19-22-41-23-20-21-32(30-24-28(2)35(39)33(26-30)37(4,5)6)31-25-29(3)36(40)34(27-31)38(7,8)9/h24-27,32,39-40H,10-23H2,1-9H3. The van der Waals surface area contributed by atoms with E-state index in [4.69, 9.17) is 0 Å². The van der Waals surface area contributed by atoms with E-state index < -0.39 is 0 Å². The Kier molecular flexibility index (Phi) is 14.6. The van der Waals surface area contributed by atoms with E-state index in [1.54, 1.807) is 0 Å². The van der Waals surface area contributed by atoms with Crippen LogP contribution in [0.2, 0.25) is 0 Å². The molecule has 0 radical (unpaired) electrons. The number of hydrogen-bond donors (Lipinski definition) is 2. The lowest BCUT2D eigenvalue weighted by Gasteiger charge is -2.28. The normalized spacial score (nSPS) is 12.4. The number of aryl methyl sites for hydroxylation is 2. The van der Waals surface area contributed by atoms with Gasteiger partial charge in [0.25, 0.3) is 0 Å². The molecular formula is C38H62O2S. The number of phenolic OH excluding ortho intramolecular Hbond substituents is 2. The van der Waals surface area contributed by atoms with Crippen LogP contribution < -0.4 is 0 Å². The van der Waals surface area contributed by atoms with Gasteiger partial charge in [0.15, 0.2) is 0 Å². The molecule has 2 rings (SSSR count). The summed E-state index contributed by atoms with van der Waals surface area (Å²) in [6, 6.07) is 8.85. The highest BCUT2D eigenvalue weighted by Crippen LogP contribution is 2.42. The molecule has 0 fully saturated rings. The van der Waals surface area contributed by atoms with E-state index in [0.29, 0.717) is 11.5 Å². The van der Waals surface area contributed by atoms with Gasteiger partial charge in [0.2, 0.25) is 0 Å². The summed E-state index contributed by atoms with van der Waals surface area (Å²) in [4.78, 5) is 0. The lowest BCUT2D eigenvalue weighted by molar-refractivity contribution is 0.441. The summed E-state index contributed by atoms with van der Waals surface area (Å²) in [6.45, 7) is 19.4. The molecule has 0 aliphatic heterocycles. The van der Waals surface area contributed by atoms with Gasteiger partial charge in [-0.1, -0.05) is 131 Å². The molecule has 232 valence electrons. The van der Waals surface area contributed by atoms with Gasteiger partial charge in [-0.3, -0.25) is 0 Å². The smallest absolute Gasteiger partial charge is 0.122 e. The summed E-state index contributed by atoms with van der Waals surface area (Å²) < 4.78 is 0. The molecule has 0 aromatic heterocycles. The van der Waals surface area contributed by atoms with Crippen LogP contribution in [0, 0.1) is 13.8 Å². The van der Waals surface area contributed by atoms with Gasteiger partial charge in [0.05, 0.1) is 0 Å². The van der Waals surface area contributed by atoms with E-state index in [2.05, 4.69) is 84.5 Å². The average molecular weight is 583 g/mol. The van der Waals surface area contributed by atoms with Gasteiger partial charge >= 0.3 is 0 Å². The Morgan fingerprint density at radius 1 is 0.585 bits per heavy atom.